The van der Waals surface area contributed by atoms with Crippen LogP contribution in [-0.2, 0) is 0 Å². The number of hydrogen-bond acceptors (Lipinski definition) is 6. The van der Waals surface area contributed by atoms with Crippen LogP contribution in [-0.4, -0.2) is 33.4 Å². The van der Waals surface area contributed by atoms with Gasteiger partial charge in [0.1, 0.15) is 16.8 Å². The number of amides is 1. The third kappa shape index (κ3) is 3.07. The monoisotopic (exact) mass is 351 g/mol. The third-order valence-corrected chi connectivity index (χ3v) is 4.45. The molecule has 25 heavy (non-hydrogen) atoms. The molecule has 0 aliphatic rings. The number of ether oxygens (including phenoxy) is 1. The molecule has 0 aliphatic carbocycles. The van der Waals surface area contributed by atoms with Gasteiger partial charge in [-0.05, 0) is 42.5 Å². The van der Waals surface area contributed by atoms with Gasteiger partial charge in [0.15, 0.2) is 5.13 Å². The Hall–Kier alpha value is -3.26. The number of carbonyl (C=O) groups is 1. The lowest BCUT2D eigenvalue weighted by atomic mass is 10.2. The molecule has 2 heterocycles. The first-order valence-electron chi connectivity index (χ1n) is 7.45. The molecular weight excluding hydrogens is 338 g/mol. The quantitative estimate of drug-likeness (QED) is 0.588. The zero-order chi connectivity index (χ0) is 17.2. The Morgan fingerprint density at radius 1 is 1.12 bits per heavy atom. The van der Waals surface area contributed by atoms with Crippen molar-refractivity contribution in [2.24, 2.45) is 0 Å². The summed E-state index contributed by atoms with van der Waals surface area (Å²) in [4.78, 5) is 16.9. The minimum Gasteiger partial charge on any atom is -0.497 e. The maximum absolute atomic E-state index is 12.4. The van der Waals surface area contributed by atoms with E-state index in [2.05, 4.69) is 25.7 Å². The molecule has 2 aromatic heterocycles. The molecular formula is C17H13N5O2S. The summed E-state index contributed by atoms with van der Waals surface area (Å²) in [5, 5.41) is 15.7. The van der Waals surface area contributed by atoms with Gasteiger partial charge in [-0.2, -0.15) is 15.4 Å². The zero-order valence-electron chi connectivity index (χ0n) is 13.2. The molecule has 0 saturated carbocycles. The largest absolute Gasteiger partial charge is 0.497 e. The summed E-state index contributed by atoms with van der Waals surface area (Å²) in [6.07, 6.45) is 0. The van der Waals surface area contributed by atoms with Crippen LogP contribution < -0.4 is 10.1 Å². The predicted molar refractivity (Wildman–Crippen MR) is 95.9 cm³/mol. The van der Waals surface area contributed by atoms with Gasteiger partial charge in [-0.15, -0.1) is 11.3 Å². The van der Waals surface area contributed by atoms with Gasteiger partial charge < -0.3 is 4.74 Å². The summed E-state index contributed by atoms with van der Waals surface area (Å²) in [5.74, 6) is 0.552. The van der Waals surface area contributed by atoms with Gasteiger partial charge in [0, 0.05) is 16.5 Å². The van der Waals surface area contributed by atoms with Gasteiger partial charge in [0.05, 0.1) is 12.8 Å². The van der Waals surface area contributed by atoms with Crippen LogP contribution in [0.1, 0.15) is 10.4 Å². The first-order chi connectivity index (χ1) is 12.2. The van der Waals surface area contributed by atoms with E-state index in [-0.39, 0.29) is 5.91 Å². The van der Waals surface area contributed by atoms with E-state index in [1.54, 1.807) is 25.3 Å². The Bertz CT molecular complexity index is 1040. The number of anilines is 1. The summed E-state index contributed by atoms with van der Waals surface area (Å²) in [6, 6.07) is 12.7. The van der Waals surface area contributed by atoms with Crippen LogP contribution in [0.4, 0.5) is 5.13 Å². The van der Waals surface area contributed by atoms with E-state index in [0.29, 0.717) is 21.7 Å². The second-order valence-corrected chi connectivity index (χ2v) is 6.11. The normalized spacial score (nSPS) is 10.8. The van der Waals surface area contributed by atoms with Gasteiger partial charge in [-0.1, -0.05) is 0 Å². The molecule has 0 atom stereocenters. The van der Waals surface area contributed by atoms with Crippen molar-refractivity contribution in [3.8, 4) is 17.0 Å². The molecule has 1 amide bonds. The molecule has 0 radical (unpaired) electrons. The van der Waals surface area contributed by atoms with Gasteiger partial charge in [0.25, 0.3) is 5.91 Å². The highest BCUT2D eigenvalue weighted by Gasteiger charge is 2.11. The number of thiazole rings is 1. The highest BCUT2D eigenvalue weighted by Crippen LogP contribution is 2.26. The predicted octanol–water partition coefficient (Wildman–Crippen LogP) is 3.34. The molecule has 0 saturated heterocycles. The number of aromatic amines is 1. The number of fused-ring (bicyclic) bond motifs is 1. The van der Waals surface area contributed by atoms with E-state index >= 15 is 0 Å². The molecule has 0 spiro atoms. The molecule has 0 aliphatic heterocycles. The van der Waals surface area contributed by atoms with Crippen molar-refractivity contribution in [3.05, 3.63) is 53.4 Å². The minimum atomic E-state index is -0.236. The standard InChI is InChI=1S/C17H13N5O2S/c1-24-12-5-2-10(3-6-12)15-9-25-17(18-15)19-16(23)11-4-7-13-14(8-11)21-22-20-13/h2-9H,1H3,(H,18,19,23)(H,20,21,22). The Balaban J connectivity index is 1.52. The number of H-pyrrole nitrogens is 1. The second-order valence-electron chi connectivity index (χ2n) is 5.25. The van der Waals surface area contributed by atoms with Gasteiger partial charge >= 0.3 is 0 Å². The molecule has 0 fully saturated rings. The fourth-order valence-corrected chi connectivity index (χ4v) is 3.09. The van der Waals surface area contributed by atoms with Crippen molar-refractivity contribution in [1.82, 2.24) is 20.4 Å². The molecule has 124 valence electrons. The summed E-state index contributed by atoms with van der Waals surface area (Å²) in [6.45, 7) is 0. The zero-order valence-corrected chi connectivity index (χ0v) is 14.0. The molecule has 2 N–H and O–H groups in total. The molecule has 4 rings (SSSR count). The maximum Gasteiger partial charge on any atom is 0.257 e. The first kappa shape index (κ1) is 15.3. The van der Waals surface area contributed by atoms with E-state index in [0.717, 1.165) is 17.0 Å². The van der Waals surface area contributed by atoms with E-state index in [1.165, 1.54) is 11.3 Å². The van der Waals surface area contributed by atoms with Crippen molar-refractivity contribution in [2.75, 3.05) is 12.4 Å². The summed E-state index contributed by atoms with van der Waals surface area (Å²) in [7, 11) is 1.63. The number of hydrogen-bond donors (Lipinski definition) is 2. The summed E-state index contributed by atoms with van der Waals surface area (Å²) >= 11 is 1.37. The molecule has 4 aromatic rings. The highest BCUT2D eigenvalue weighted by atomic mass is 32.1. The van der Waals surface area contributed by atoms with Crippen LogP contribution in [0.5, 0.6) is 5.75 Å². The lowest BCUT2D eigenvalue weighted by Gasteiger charge is -2.02. The molecule has 0 bridgehead atoms. The van der Waals surface area contributed by atoms with Crippen molar-refractivity contribution >= 4 is 33.4 Å². The fraction of sp³-hybridized carbons (Fsp3) is 0.0588. The Morgan fingerprint density at radius 3 is 2.72 bits per heavy atom. The van der Waals surface area contributed by atoms with Crippen LogP contribution in [0.15, 0.2) is 47.8 Å². The molecule has 7 nitrogen and oxygen atoms in total. The first-order valence-corrected chi connectivity index (χ1v) is 8.33. The number of rotatable bonds is 4. The summed E-state index contributed by atoms with van der Waals surface area (Å²) in [5.41, 5.74) is 3.62. The van der Waals surface area contributed by atoms with Gasteiger partial charge in [-0.3, -0.25) is 10.1 Å². The average molecular weight is 351 g/mol. The Morgan fingerprint density at radius 2 is 1.92 bits per heavy atom. The van der Waals surface area contributed by atoms with Crippen molar-refractivity contribution in [1.29, 1.82) is 0 Å². The van der Waals surface area contributed by atoms with Gasteiger partial charge in [0.2, 0.25) is 0 Å². The van der Waals surface area contributed by atoms with E-state index < -0.39 is 0 Å². The SMILES string of the molecule is COc1ccc(-c2csc(NC(=O)c3ccc4n[nH]nc4c3)n2)cc1. The fourth-order valence-electron chi connectivity index (χ4n) is 2.38. The maximum atomic E-state index is 12.4. The van der Waals surface area contributed by atoms with Crippen molar-refractivity contribution < 1.29 is 9.53 Å². The second kappa shape index (κ2) is 6.33. The Labute approximate surface area is 146 Å². The topological polar surface area (TPSA) is 92.8 Å². The molecule has 0 unspecified atom stereocenters. The van der Waals surface area contributed by atoms with Crippen LogP contribution in [0, 0.1) is 0 Å². The van der Waals surface area contributed by atoms with E-state index in [9.17, 15) is 4.79 Å². The van der Waals surface area contributed by atoms with Crippen molar-refractivity contribution in [3.63, 3.8) is 0 Å². The third-order valence-electron chi connectivity index (χ3n) is 3.69. The number of nitrogens with zero attached hydrogens (tertiary/aromatic N) is 3. The number of benzene rings is 2. The number of carbonyl (C=O) groups excluding carboxylic acids is 1. The Kier molecular flexibility index (Phi) is 3.87. The molecule has 8 heteroatoms. The lowest BCUT2D eigenvalue weighted by molar-refractivity contribution is 0.102. The van der Waals surface area contributed by atoms with Gasteiger partial charge in [-0.25, -0.2) is 4.98 Å². The molecule has 2 aromatic carbocycles. The van der Waals surface area contributed by atoms with Crippen LogP contribution in [0.3, 0.4) is 0 Å². The van der Waals surface area contributed by atoms with Crippen molar-refractivity contribution in [2.45, 2.75) is 0 Å². The summed E-state index contributed by atoms with van der Waals surface area (Å²) < 4.78 is 5.15. The van der Waals surface area contributed by atoms with Crippen LogP contribution in [0.25, 0.3) is 22.3 Å². The van der Waals surface area contributed by atoms with Crippen LogP contribution >= 0.6 is 11.3 Å². The van der Waals surface area contributed by atoms with Crippen LogP contribution in [0.2, 0.25) is 0 Å². The lowest BCUT2D eigenvalue weighted by Crippen LogP contribution is -2.11. The van der Waals surface area contributed by atoms with E-state index in [1.807, 2.05) is 29.6 Å². The minimum absolute atomic E-state index is 0.236. The number of nitrogens with one attached hydrogen (secondary N) is 2. The van der Waals surface area contributed by atoms with E-state index in [4.69, 9.17) is 4.74 Å². The average Bonchev–Trinajstić information content (AvgIpc) is 3.30. The smallest absolute Gasteiger partial charge is 0.257 e. The number of aromatic nitrogens is 4. The highest BCUT2D eigenvalue weighted by molar-refractivity contribution is 7.14. The number of methoxy groups -OCH3 is 1.